The van der Waals surface area contributed by atoms with Gasteiger partial charge in [-0.2, -0.15) is 0 Å². The molecule has 0 spiro atoms. The summed E-state index contributed by atoms with van der Waals surface area (Å²) in [5, 5.41) is 3.42. The predicted octanol–water partition coefficient (Wildman–Crippen LogP) is 1.74. The van der Waals surface area contributed by atoms with Crippen LogP contribution in [0, 0.1) is 5.92 Å². The first-order chi connectivity index (χ1) is 8.68. The van der Waals surface area contributed by atoms with Crippen LogP contribution in [-0.2, 0) is 6.42 Å². The number of carbonyl (C=O) groups excluding carboxylic acids is 1. The number of urea groups is 1. The van der Waals surface area contributed by atoms with E-state index in [0.717, 1.165) is 25.2 Å². The van der Waals surface area contributed by atoms with Crippen molar-refractivity contribution in [2.75, 3.05) is 25.0 Å². The van der Waals surface area contributed by atoms with E-state index in [4.69, 9.17) is 5.73 Å². The highest BCUT2D eigenvalue weighted by atomic mass is 16.2. The van der Waals surface area contributed by atoms with E-state index in [0.29, 0.717) is 5.92 Å². The lowest BCUT2D eigenvalue weighted by Gasteiger charge is -2.25. The Morgan fingerprint density at radius 1 is 1.50 bits per heavy atom. The summed E-state index contributed by atoms with van der Waals surface area (Å²) in [6.45, 7) is 2.19. The molecule has 18 heavy (non-hydrogen) atoms. The first-order valence-electron chi connectivity index (χ1n) is 6.50. The summed E-state index contributed by atoms with van der Waals surface area (Å²) in [5.74, 6) is 0.654. The molecule has 1 aliphatic heterocycles. The van der Waals surface area contributed by atoms with Gasteiger partial charge in [-0.05, 0) is 49.9 Å². The largest absolute Gasteiger partial charge is 0.351 e. The van der Waals surface area contributed by atoms with Crippen LogP contribution in [0.1, 0.15) is 18.4 Å². The zero-order valence-electron chi connectivity index (χ0n) is 10.9. The number of amides is 2. The Kier molecular flexibility index (Phi) is 4.20. The molecule has 1 heterocycles. The molecule has 0 saturated carbocycles. The average Bonchev–Trinajstić information content (AvgIpc) is 2.39. The number of hydrogen-bond donors (Lipinski definition) is 2. The third-order valence-electron chi connectivity index (χ3n) is 3.59. The third-order valence-corrected chi connectivity index (χ3v) is 3.59. The number of nitrogens with two attached hydrogens (primary N) is 1. The molecule has 1 atom stereocenters. The van der Waals surface area contributed by atoms with Crippen molar-refractivity contribution in [1.29, 1.82) is 0 Å². The maximum absolute atomic E-state index is 11.3. The highest BCUT2D eigenvalue weighted by Gasteiger charge is 2.17. The monoisotopic (exact) mass is 247 g/mol. The molecule has 1 saturated heterocycles. The van der Waals surface area contributed by atoms with E-state index in [1.807, 2.05) is 18.2 Å². The summed E-state index contributed by atoms with van der Waals surface area (Å²) in [6, 6.07) is 7.59. The number of hydrogen-bond acceptors (Lipinski definition) is 2. The Morgan fingerprint density at radius 2 is 2.28 bits per heavy atom. The fraction of sp³-hybridized carbons (Fsp3) is 0.500. The minimum atomic E-state index is -0.413. The van der Waals surface area contributed by atoms with Crippen LogP contribution >= 0.6 is 0 Å². The summed E-state index contributed by atoms with van der Waals surface area (Å²) in [5.41, 5.74) is 7.47. The number of anilines is 1. The molecule has 3 N–H and O–H groups in total. The van der Waals surface area contributed by atoms with Crippen molar-refractivity contribution >= 4 is 11.7 Å². The quantitative estimate of drug-likeness (QED) is 0.855. The van der Waals surface area contributed by atoms with Crippen LogP contribution in [0.25, 0.3) is 0 Å². The summed E-state index contributed by atoms with van der Waals surface area (Å²) < 4.78 is 0. The van der Waals surface area contributed by atoms with E-state index in [9.17, 15) is 4.79 Å². The van der Waals surface area contributed by atoms with Crippen LogP contribution < -0.4 is 16.0 Å². The number of rotatable bonds is 3. The molecule has 1 aliphatic rings. The molecule has 1 unspecified atom stereocenters. The molecule has 0 bridgehead atoms. The summed E-state index contributed by atoms with van der Waals surface area (Å²) in [4.78, 5) is 12.8. The predicted molar refractivity (Wildman–Crippen MR) is 73.7 cm³/mol. The van der Waals surface area contributed by atoms with Crippen molar-refractivity contribution in [3.05, 3.63) is 29.8 Å². The molecular weight excluding hydrogens is 226 g/mol. The number of carbonyl (C=O) groups is 1. The molecule has 2 amide bonds. The zero-order valence-corrected chi connectivity index (χ0v) is 10.9. The Bertz CT molecular complexity index is 413. The second-order valence-corrected chi connectivity index (χ2v) is 4.94. The standard InChI is InChI=1S/C14H21N3O/c1-17(14(15)18)13-7-3-2-6-12(13)9-11-5-4-8-16-10-11/h2-3,6-7,11,16H,4-5,8-10H2,1H3,(H2,15,18). The van der Waals surface area contributed by atoms with E-state index in [-0.39, 0.29) is 0 Å². The second-order valence-electron chi connectivity index (χ2n) is 4.94. The second kappa shape index (κ2) is 5.87. The molecule has 98 valence electrons. The fourth-order valence-corrected chi connectivity index (χ4v) is 2.54. The van der Waals surface area contributed by atoms with Crippen LogP contribution in [0.15, 0.2) is 24.3 Å². The highest BCUT2D eigenvalue weighted by Crippen LogP contribution is 2.24. The Labute approximate surface area is 108 Å². The molecule has 2 rings (SSSR count). The van der Waals surface area contributed by atoms with E-state index in [1.54, 1.807) is 7.05 Å². The highest BCUT2D eigenvalue weighted by molar-refractivity contribution is 5.90. The first-order valence-corrected chi connectivity index (χ1v) is 6.50. The van der Waals surface area contributed by atoms with Crippen LogP contribution in [0.5, 0.6) is 0 Å². The number of para-hydroxylation sites is 1. The number of piperidine rings is 1. The molecule has 1 aromatic carbocycles. The van der Waals surface area contributed by atoms with Gasteiger partial charge in [0.15, 0.2) is 0 Å². The van der Waals surface area contributed by atoms with Crippen LogP contribution in [0.3, 0.4) is 0 Å². The van der Waals surface area contributed by atoms with Gasteiger partial charge in [-0.15, -0.1) is 0 Å². The normalized spacial score (nSPS) is 19.5. The van der Waals surface area contributed by atoms with Crippen LogP contribution in [0.2, 0.25) is 0 Å². The Morgan fingerprint density at radius 3 is 2.94 bits per heavy atom. The molecule has 1 aromatic rings. The van der Waals surface area contributed by atoms with Gasteiger partial charge in [0.1, 0.15) is 0 Å². The van der Waals surface area contributed by atoms with Gasteiger partial charge in [0.05, 0.1) is 0 Å². The number of benzene rings is 1. The van der Waals surface area contributed by atoms with Gasteiger partial charge < -0.3 is 11.1 Å². The topological polar surface area (TPSA) is 58.4 Å². The van der Waals surface area contributed by atoms with Crippen LogP contribution in [-0.4, -0.2) is 26.2 Å². The van der Waals surface area contributed by atoms with Crippen LogP contribution in [0.4, 0.5) is 10.5 Å². The minimum Gasteiger partial charge on any atom is -0.351 e. The number of nitrogens with zero attached hydrogens (tertiary/aromatic N) is 1. The zero-order chi connectivity index (χ0) is 13.0. The SMILES string of the molecule is CN(C(N)=O)c1ccccc1CC1CCCNC1. The van der Waals surface area contributed by atoms with Crippen molar-refractivity contribution in [3.8, 4) is 0 Å². The molecule has 4 nitrogen and oxygen atoms in total. The molecule has 0 aliphatic carbocycles. The smallest absolute Gasteiger partial charge is 0.319 e. The molecule has 1 fully saturated rings. The summed E-state index contributed by atoms with van der Waals surface area (Å²) >= 11 is 0. The maximum atomic E-state index is 11.3. The van der Waals surface area contributed by atoms with E-state index < -0.39 is 6.03 Å². The van der Waals surface area contributed by atoms with Crippen molar-refractivity contribution in [3.63, 3.8) is 0 Å². The molecule has 4 heteroatoms. The Hall–Kier alpha value is -1.55. The summed E-state index contributed by atoms with van der Waals surface area (Å²) in [7, 11) is 1.72. The van der Waals surface area contributed by atoms with Crippen molar-refractivity contribution < 1.29 is 4.79 Å². The van der Waals surface area contributed by atoms with Gasteiger partial charge in [-0.25, -0.2) is 4.79 Å². The maximum Gasteiger partial charge on any atom is 0.319 e. The van der Waals surface area contributed by atoms with Crippen molar-refractivity contribution in [2.45, 2.75) is 19.3 Å². The lowest BCUT2D eigenvalue weighted by Crippen LogP contribution is -2.34. The van der Waals surface area contributed by atoms with Gasteiger partial charge in [0.25, 0.3) is 0 Å². The van der Waals surface area contributed by atoms with Gasteiger partial charge in [-0.1, -0.05) is 18.2 Å². The van der Waals surface area contributed by atoms with Gasteiger partial charge in [-0.3, -0.25) is 4.90 Å². The van der Waals surface area contributed by atoms with Gasteiger partial charge >= 0.3 is 6.03 Å². The lowest BCUT2D eigenvalue weighted by atomic mass is 9.91. The fourth-order valence-electron chi connectivity index (χ4n) is 2.54. The Balaban J connectivity index is 2.13. The summed E-state index contributed by atoms with van der Waals surface area (Å²) in [6.07, 6.45) is 3.49. The number of nitrogens with one attached hydrogen (secondary N) is 1. The molecule has 0 radical (unpaired) electrons. The average molecular weight is 247 g/mol. The molecular formula is C14H21N3O. The lowest BCUT2D eigenvalue weighted by molar-refractivity contribution is 0.255. The molecule has 0 aromatic heterocycles. The van der Waals surface area contributed by atoms with Crippen molar-refractivity contribution in [1.82, 2.24) is 5.32 Å². The number of primary amides is 1. The minimum absolute atomic E-state index is 0.413. The van der Waals surface area contributed by atoms with Gasteiger partial charge in [0, 0.05) is 12.7 Å². The van der Waals surface area contributed by atoms with Crippen molar-refractivity contribution in [2.24, 2.45) is 11.7 Å². The van der Waals surface area contributed by atoms with Gasteiger partial charge in [0.2, 0.25) is 0 Å². The van der Waals surface area contributed by atoms with E-state index in [1.165, 1.54) is 23.3 Å². The van der Waals surface area contributed by atoms with E-state index >= 15 is 0 Å². The first kappa shape index (κ1) is 12.9. The third kappa shape index (κ3) is 3.01. The van der Waals surface area contributed by atoms with E-state index in [2.05, 4.69) is 11.4 Å².